The van der Waals surface area contributed by atoms with Gasteiger partial charge in [0.25, 0.3) is 0 Å². The number of benzene rings is 1. The van der Waals surface area contributed by atoms with Crippen molar-refractivity contribution in [1.29, 1.82) is 0 Å². The number of piperidine rings is 1. The maximum Gasteiger partial charge on any atom is 0.225 e. The highest BCUT2D eigenvalue weighted by Gasteiger charge is 2.61. The third kappa shape index (κ3) is 2.72. The van der Waals surface area contributed by atoms with Crippen molar-refractivity contribution >= 4 is 17.2 Å². The minimum Gasteiger partial charge on any atom is -0.504 e. The lowest BCUT2D eigenvalue weighted by Gasteiger charge is -2.55. The third-order valence-electron chi connectivity index (χ3n) is 7.46. The number of ether oxygens (including phenoxy) is 1. The van der Waals surface area contributed by atoms with E-state index in [1.807, 2.05) is 24.4 Å². The van der Waals surface area contributed by atoms with Crippen LogP contribution in [0, 0.1) is 5.92 Å². The second-order valence-corrected chi connectivity index (χ2v) is 9.96. The summed E-state index contributed by atoms with van der Waals surface area (Å²) in [6.07, 6.45) is 2.17. The van der Waals surface area contributed by atoms with Gasteiger partial charge in [-0.05, 0) is 62.4 Å². The first-order chi connectivity index (χ1) is 13.9. The molecule has 5 rings (SSSR count). The number of thiophene rings is 1. The fourth-order valence-electron chi connectivity index (χ4n) is 6.08. The largest absolute Gasteiger partial charge is 0.504 e. The number of aromatic hydroxyl groups is 1. The van der Waals surface area contributed by atoms with Gasteiger partial charge in [0.05, 0.1) is 12.5 Å². The van der Waals surface area contributed by atoms with Gasteiger partial charge < -0.3 is 20.1 Å². The van der Waals surface area contributed by atoms with Gasteiger partial charge in [-0.25, -0.2) is 0 Å². The van der Waals surface area contributed by atoms with E-state index < -0.39 is 0 Å². The molecule has 0 radical (unpaired) electrons. The highest BCUT2D eigenvalue weighted by atomic mass is 32.1. The molecule has 1 saturated heterocycles. The molecule has 3 aliphatic rings. The van der Waals surface area contributed by atoms with Crippen molar-refractivity contribution in [3.05, 3.63) is 45.6 Å². The summed E-state index contributed by atoms with van der Waals surface area (Å²) in [5.41, 5.74) is 2.31. The molecule has 1 fully saturated rings. The molecule has 6 heteroatoms. The van der Waals surface area contributed by atoms with Gasteiger partial charge in [-0.15, -0.1) is 11.3 Å². The Labute approximate surface area is 175 Å². The number of amides is 1. The lowest BCUT2D eigenvalue weighted by Crippen LogP contribution is -2.64. The fraction of sp³-hybridized carbons (Fsp3) is 0.522. The van der Waals surface area contributed by atoms with Crippen molar-refractivity contribution in [2.24, 2.45) is 5.92 Å². The maximum absolute atomic E-state index is 12.7. The van der Waals surface area contributed by atoms with Crippen molar-refractivity contribution in [1.82, 2.24) is 10.2 Å². The Morgan fingerprint density at radius 3 is 3.03 bits per heavy atom. The van der Waals surface area contributed by atoms with Gasteiger partial charge in [-0.1, -0.05) is 19.1 Å². The average molecular weight is 413 g/mol. The summed E-state index contributed by atoms with van der Waals surface area (Å²) >= 11 is 1.60. The summed E-state index contributed by atoms with van der Waals surface area (Å²) < 4.78 is 6.46. The van der Waals surface area contributed by atoms with Gasteiger partial charge in [0.1, 0.15) is 6.10 Å². The first-order valence-electron chi connectivity index (χ1n) is 10.5. The Bertz CT molecular complexity index is 944. The van der Waals surface area contributed by atoms with Gasteiger partial charge in [-0.3, -0.25) is 4.79 Å². The molecule has 1 aromatic carbocycles. The normalized spacial score (nSPS) is 31.1. The van der Waals surface area contributed by atoms with E-state index in [0.717, 1.165) is 24.3 Å². The van der Waals surface area contributed by atoms with Gasteiger partial charge in [0.15, 0.2) is 11.5 Å². The number of rotatable bonds is 4. The standard InChI is InChI=1S/C23H28N2O3S/c1-13-17-11-15-6-7-18(26)21-20(15)23(13,8-9-25(17)3)22(28-21)14(2)24-19(27)12-16-5-4-10-29-16/h4-7,10,13-14,17,22,26H,8-9,11-12H2,1-3H3,(H,24,27). The number of phenols is 1. The Balaban J connectivity index is 1.49. The summed E-state index contributed by atoms with van der Waals surface area (Å²) in [5, 5.41) is 15.8. The van der Waals surface area contributed by atoms with Crippen molar-refractivity contribution in [2.45, 2.75) is 56.7 Å². The SMILES string of the molecule is CC(NC(=O)Cc1cccs1)C1Oc2c(O)ccc3c2C12CCN(C)C(C3)C2C. The van der Waals surface area contributed by atoms with Crippen LogP contribution >= 0.6 is 11.3 Å². The van der Waals surface area contributed by atoms with Crippen LogP contribution in [0.1, 0.15) is 36.3 Å². The van der Waals surface area contributed by atoms with Crippen LogP contribution in [0.5, 0.6) is 11.5 Å². The molecule has 2 aliphatic heterocycles. The molecule has 5 unspecified atom stereocenters. The fourth-order valence-corrected chi connectivity index (χ4v) is 6.78. The van der Waals surface area contributed by atoms with Crippen LogP contribution in [-0.4, -0.2) is 47.7 Å². The Morgan fingerprint density at radius 1 is 1.45 bits per heavy atom. The molecule has 154 valence electrons. The van der Waals surface area contributed by atoms with Gasteiger partial charge >= 0.3 is 0 Å². The number of hydrogen-bond acceptors (Lipinski definition) is 5. The third-order valence-corrected chi connectivity index (χ3v) is 8.34. The number of carbonyl (C=O) groups is 1. The number of likely N-dealkylation sites (tertiary alicyclic amines) is 1. The number of likely N-dealkylation sites (N-methyl/N-ethyl adjacent to an activating group) is 1. The average Bonchev–Trinajstić information content (AvgIpc) is 3.30. The second kappa shape index (κ2) is 6.74. The lowest BCUT2D eigenvalue weighted by molar-refractivity contribution is -0.122. The molecule has 5 atom stereocenters. The van der Waals surface area contributed by atoms with Crippen LogP contribution in [0.25, 0.3) is 0 Å². The number of nitrogens with zero attached hydrogens (tertiary/aromatic N) is 1. The molecule has 1 aliphatic carbocycles. The second-order valence-electron chi connectivity index (χ2n) is 8.93. The number of phenolic OH excluding ortho intramolecular Hbond substituents is 1. The highest BCUT2D eigenvalue weighted by Crippen LogP contribution is 2.60. The Kier molecular flexibility index (Phi) is 4.40. The number of nitrogens with one attached hydrogen (secondary N) is 1. The first-order valence-corrected chi connectivity index (χ1v) is 11.3. The van der Waals surface area contributed by atoms with Crippen molar-refractivity contribution in [2.75, 3.05) is 13.6 Å². The van der Waals surface area contributed by atoms with Crippen LogP contribution in [0.3, 0.4) is 0 Å². The Morgan fingerprint density at radius 2 is 2.28 bits per heavy atom. The van der Waals surface area contributed by atoms with Crippen LogP contribution in [-0.2, 0) is 23.1 Å². The minimum atomic E-state index is -0.177. The van der Waals surface area contributed by atoms with E-state index in [-0.39, 0.29) is 29.2 Å². The molecule has 3 heterocycles. The molecule has 2 bridgehead atoms. The minimum absolute atomic E-state index is 0.0216. The van der Waals surface area contributed by atoms with E-state index in [9.17, 15) is 9.90 Å². The maximum atomic E-state index is 12.7. The van der Waals surface area contributed by atoms with Gasteiger partial charge in [0, 0.05) is 21.9 Å². The summed E-state index contributed by atoms with van der Waals surface area (Å²) in [7, 11) is 2.21. The number of fused-ring (bicyclic) bond motifs is 1. The van der Waals surface area contributed by atoms with E-state index in [2.05, 4.69) is 30.3 Å². The van der Waals surface area contributed by atoms with Crippen molar-refractivity contribution < 1.29 is 14.6 Å². The molecule has 1 aromatic heterocycles. The van der Waals surface area contributed by atoms with Crippen LogP contribution in [0.4, 0.5) is 0 Å². The van der Waals surface area contributed by atoms with Crippen molar-refractivity contribution in [3.63, 3.8) is 0 Å². The molecular weight excluding hydrogens is 384 g/mol. The summed E-state index contributed by atoms with van der Waals surface area (Å²) in [4.78, 5) is 16.2. The quantitative estimate of drug-likeness (QED) is 0.810. The molecule has 5 nitrogen and oxygen atoms in total. The summed E-state index contributed by atoms with van der Waals surface area (Å²) in [6.45, 7) is 5.36. The van der Waals surface area contributed by atoms with Gasteiger partial charge in [0.2, 0.25) is 5.91 Å². The van der Waals surface area contributed by atoms with Crippen LogP contribution in [0.15, 0.2) is 29.6 Å². The smallest absolute Gasteiger partial charge is 0.225 e. The number of carbonyl (C=O) groups excluding carboxylic acids is 1. The van der Waals surface area contributed by atoms with Crippen LogP contribution < -0.4 is 10.1 Å². The van der Waals surface area contributed by atoms with Crippen LogP contribution in [0.2, 0.25) is 0 Å². The highest BCUT2D eigenvalue weighted by molar-refractivity contribution is 7.10. The molecule has 0 saturated carbocycles. The predicted octanol–water partition coefficient (Wildman–Crippen LogP) is 3.10. The van der Waals surface area contributed by atoms with E-state index in [1.54, 1.807) is 17.4 Å². The summed E-state index contributed by atoms with van der Waals surface area (Å²) in [5.74, 6) is 1.26. The van der Waals surface area contributed by atoms with Crippen molar-refractivity contribution in [3.8, 4) is 11.5 Å². The van der Waals surface area contributed by atoms with E-state index in [1.165, 1.54) is 11.1 Å². The van der Waals surface area contributed by atoms with E-state index in [0.29, 0.717) is 24.1 Å². The molecule has 1 spiro atoms. The zero-order chi connectivity index (χ0) is 20.3. The molecular formula is C23H28N2O3S. The predicted molar refractivity (Wildman–Crippen MR) is 114 cm³/mol. The number of hydrogen-bond donors (Lipinski definition) is 2. The molecule has 1 amide bonds. The Hall–Kier alpha value is -2.05. The molecule has 2 aromatic rings. The lowest BCUT2D eigenvalue weighted by atomic mass is 9.55. The summed E-state index contributed by atoms with van der Waals surface area (Å²) in [6, 6.07) is 8.09. The van der Waals surface area contributed by atoms with Gasteiger partial charge in [-0.2, -0.15) is 0 Å². The molecule has 29 heavy (non-hydrogen) atoms. The zero-order valence-electron chi connectivity index (χ0n) is 17.1. The first kappa shape index (κ1) is 18.9. The molecule has 2 N–H and O–H groups in total. The monoisotopic (exact) mass is 412 g/mol. The van der Waals surface area contributed by atoms with E-state index >= 15 is 0 Å². The zero-order valence-corrected chi connectivity index (χ0v) is 18.0. The van der Waals surface area contributed by atoms with E-state index in [4.69, 9.17) is 4.74 Å². The topological polar surface area (TPSA) is 61.8 Å².